The first-order valence-corrected chi connectivity index (χ1v) is 12.2. The summed E-state index contributed by atoms with van der Waals surface area (Å²) in [5, 5.41) is 13.6. The van der Waals surface area contributed by atoms with Gasteiger partial charge in [-0.15, -0.1) is 0 Å². The van der Waals surface area contributed by atoms with E-state index in [0.717, 1.165) is 44.8 Å². The van der Waals surface area contributed by atoms with Crippen LogP contribution in [-0.4, -0.2) is 71.1 Å². The Kier molecular flexibility index (Phi) is 8.02. The van der Waals surface area contributed by atoms with E-state index >= 15 is 0 Å². The summed E-state index contributed by atoms with van der Waals surface area (Å²) in [5.74, 6) is 0.908. The minimum Gasteiger partial charge on any atom is -0.381 e. The summed E-state index contributed by atoms with van der Waals surface area (Å²) in [6, 6.07) is 2.38. The maximum Gasteiger partial charge on any atom is 0.256 e. The van der Waals surface area contributed by atoms with Gasteiger partial charge in [0.1, 0.15) is 17.2 Å². The zero-order chi connectivity index (χ0) is 24.8. The van der Waals surface area contributed by atoms with Crippen molar-refractivity contribution in [3.63, 3.8) is 0 Å². The lowest BCUT2D eigenvalue weighted by Gasteiger charge is -2.39. The number of ether oxygens (including phenoxy) is 1. The molecule has 4 rings (SSSR count). The first-order valence-electron chi connectivity index (χ1n) is 12.2. The van der Waals surface area contributed by atoms with Crippen molar-refractivity contribution in [1.29, 1.82) is 0 Å². The molecule has 2 saturated carbocycles. The molecule has 188 valence electrons. The van der Waals surface area contributed by atoms with E-state index in [2.05, 4.69) is 30.9 Å². The summed E-state index contributed by atoms with van der Waals surface area (Å²) in [7, 11) is 5.53. The molecular formula is C25H35N7O3. The number of hydrogen-bond donors (Lipinski definition) is 3. The van der Waals surface area contributed by atoms with Crippen LogP contribution in [0, 0.1) is 0 Å². The predicted molar refractivity (Wildman–Crippen MR) is 135 cm³/mol. The Morgan fingerprint density at radius 3 is 2.71 bits per heavy atom. The summed E-state index contributed by atoms with van der Waals surface area (Å²) in [6.45, 7) is 0. The number of anilines is 2. The SMILES string of the molecule is CNc1cc(N/C(C=O)=C/C=C\N(C)[C@H]2C[C@@H](OC)C2)nc2c(C(=O)NC3CCCCC3)cnn12. The lowest BCUT2D eigenvalue weighted by atomic mass is 9.88. The fourth-order valence-corrected chi connectivity index (χ4v) is 4.60. The third-order valence-electron chi connectivity index (χ3n) is 6.89. The zero-order valence-corrected chi connectivity index (χ0v) is 20.7. The highest BCUT2D eigenvalue weighted by Crippen LogP contribution is 2.27. The smallest absolute Gasteiger partial charge is 0.256 e. The van der Waals surface area contributed by atoms with Crippen molar-refractivity contribution in [2.75, 3.05) is 31.8 Å². The number of aromatic nitrogens is 3. The molecule has 0 aromatic carbocycles. The normalized spacial score (nSPS) is 21.1. The minimum atomic E-state index is -0.178. The molecule has 0 radical (unpaired) electrons. The van der Waals surface area contributed by atoms with E-state index < -0.39 is 0 Å². The number of carbonyl (C=O) groups is 2. The molecular weight excluding hydrogens is 446 g/mol. The number of carbonyl (C=O) groups excluding carboxylic acids is 2. The Morgan fingerprint density at radius 2 is 2.03 bits per heavy atom. The fourth-order valence-electron chi connectivity index (χ4n) is 4.60. The Bertz CT molecular complexity index is 1100. The molecule has 2 aromatic rings. The number of rotatable bonds is 10. The first kappa shape index (κ1) is 24.7. The second kappa shape index (κ2) is 11.4. The van der Waals surface area contributed by atoms with Gasteiger partial charge in [-0.1, -0.05) is 19.3 Å². The molecule has 1 amide bonds. The van der Waals surface area contributed by atoms with Crippen molar-refractivity contribution in [3.05, 3.63) is 41.9 Å². The van der Waals surface area contributed by atoms with Gasteiger partial charge >= 0.3 is 0 Å². The molecule has 0 aliphatic heterocycles. The van der Waals surface area contributed by atoms with Gasteiger partial charge in [-0.2, -0.15) is 9.61 Å². The topological polar surface area (TPSA) is 113 Å². The molecule has 2 aromatic heterocycles. The predicted octanol–water partition coefficient (Wildman–Crippen LogP) is 2.95. The average molecular weight is 482 g/mol. The van der Waals surface area contributed by atoms with E-state index in [-0.39, 0.29) is 11.9 Å². The van der Waals surface area contributed by atoms with Crippen LogP contribution >= 0.6 is 0 Å². The van der Waals surface area contributed by atoms with Crippen LogP contribution < -0.4 is 16.0 Å². The maximum atomic E-state index is 13.0. The van der Waals surface area contributed by atoms with Gasteiger partial charge in [0.2, 0.25) is 0 Å². The van der Waals surface area contributed by atoms with E-state index in [9.17, 15) is 9.59 Å². The molecule has 2 aliphatic rings. The molecule has 3 N–H and O–H groups in total. The molecule has 0 unspecified atom stereocenters. The van der Waals surface area contributed by atoms with E-state index in [1.54, 1.807) is 30.8 Å². The van der Waals surface area contributed by atoms with Gasteiger partial charge < -0.3 is 25.6 Å². The van der Waals surface area contributed by atoms with Crippen molar-refractivity contribution in [2.45, 2.75) is 63.1 Å². The molecule has 2 heterocycles. The van der Waals surface area contributed by atoms with Crippen LogP contribution in [0.5, 0.6) is 0 Å². The van der Waals surface area contributed by atoms with E-state index in [1.807, 2.05) is 19.3 Å². The van der Waals surface area contributed by atoms with Crippen molar-refractivity contribution in [2.24, 2.45) is 0 Å². The molecule has 2 fully saturated rings. The fraction of sp³-hybridized carbons (Fsp3) is 0.520. The second-order valence-corrected chi connectivity index (χ2v) is 9.23. The van der Waals surface area contributed by atoms with Crippen LogP contribution in [0.25, 0.3) is 5.65 Å². The molecule has 10 nitrogen and oxygen atoms in total. The number of aldehydes is 1. The van der Waals surface area contributed by atoms with Crippen molar-refractivity contribution in [1.82, 2.24) is 24.8 Å². The number of amides is 1. The van der Waals surface area contributed by atoms with Gasteiger partial charge in [0.25, 0.3) is 5.91 Å². The van der Waals surface area contributed by atoms with Gasteiger partial charge in [-0.05, 0) is 44.0 Å². The standard InChI is InChI=1S/C25H35N7O3/c1-26-23-14-22(28-18(16-33)10-7-11-31(2)19-12-20(13-19)35-3)30-24-21(15-27-32(23)24)25(34)29-17-8-5-4-6-9-17/h7,10-11,14-17,19-20,26H,4-6,8-9,12-13H2,1-3H3,(H,28,30)(H,29,34)/b11-7-,18-10+/t19-,20+. The van der Waals surface area contributed by atoms with Crippen molar-refractivity contribution < 1.29 is 14.3 Å². The van der Waals surface area contributed by atoms with Gasteiger partial charge in [-0.25, -0.2) is 4.98 Å². The van der Waals surface area contributed by atoms with Crippen LogP contribution in [-0.2, 0) is 9.53 Å². The highest BCUT2D eigenvalue weighted by Gasteiger charge is 2.30. The van der Waals surface area contributed by atoms with Crippen LogP contribution in [0.4, 0.5) is 11.6 Å². The Balaban J connectivity index is 1.49. The van der Waals surface area contributed by atoms with E-state index in [0.29, 0.717) is 40.7 Å². The van der Waals surface area contributed by atoms with Gasteiger partial charge in [0.05, 0.1) is 18.0 Å². The quantitative estimate of drug-likeness (QED) is 0.270. The third-order valence-corrected chi connectivity index (χ3v) is 6.89. The van der Waals surface area contributed by atoms with E-state index in [4.69, 9.17) is 4.74 Å². The van der Waals surface area contributed by atoms with Crippen molar-refractivity contribution in [3.8, 4) is 0 Å². The third kappa shape index (κ3) is 5.82. The maximum absolute atomic E-state index is 13.0. The van der Waals surface area contributed by atoms with Crippen molar-refractivity contribution >= 4 is 29.5 Å². The monoisotopic (exact) mass is 481 g/mol. The molecule has 0 atom stereocenters. The highest BCUT2D eigenvalue weighted by molar-refractivity contribution is 6.00. The highest BCUT2D eigenvalue weighted by atomic mass is 16.5. The van der Waals surface area contributed by atoms with Gasteiger partial charge in [0, 0.05) is 39.4 Å². The molecule has 0 saturated heterocycles. The number of fused-ring (bicyclic) bond motifs is 1. The molecule has 0 spiro atoms. The summed E-state index contributed by atoms with van der Waals surface area (Å²) < 4.78 is 6.92. The van der Waals surface area contributed by atoms with Crippen LogP contribution in [0.15, 0.2) is 36.3 Å². The Morgan fingerprint density at radius 1 is 1.26 bits per heavy atom. The molecule has 35 heavy (non-hydrogen) atoms. The van der Waals surface area contributed by atoms with Gasteiger partial charge in [-0.3, -0.25) is 9.59 Å². The molecule has 10 heteroatoms. The van der Waals surface area contributed by atoms with Crippen LogP contribution in [0.3, 0.4) is 0 Å². The number of nitrogens with one attached hydrogen (secondary N) is 3. The summed E-state index contributed by atoms with van der Waals surface area (Å²) >= 11 is 0. The average Bonchev–Trinajstić information content (AvgIpc) is 3.27. The number of methoxy groups -OCH3 is 1. The summed E-state index contributed by atoms with van der Waals surface area (Å²) in [4.78, 5) is 31.4. The Hall–Kier alpha value is -3.40. The second-order valence-electron chi connectivity index (χ2n) is 9.23. The van der Waals surface area contributed by atoms with Crippen LogP contribution in [0.1, 0.15) is 55.3 Å². The number of nitrogens with zero attached hydrogens (tertiary/aromatic N) is 4. The lowest BCUT2D eigenvalue weighted by Crippen LogP contribution is -2.43. The molecule has 0 bridgehead atoms. The largest absolute Gasteiger partial charge is 0.381 e. The number of hydrogen-bond acceptors (Lipinski definition) is 8. The lowest BCUT2D eigenvalue weighted by molar-refractivity contribution is -0.104. The number of allylic oxidation sites excluding steroid dienone is 3. The molecule has 2 aliphatic carbocycles. The van der Waals surface area contributed by atoms with E-state index in [1.165, 1.54) is 12.6 Å². The van der Waals surface area contributed by atoms with Crippen LogP contribution in [0.2, 0.25) is 0 Å². The Labute approximate surface area is 205 Å². The first-order chi connectivity index (χ1) is 17.0. The minimum absolute atomic E-state index is 0.178. The summed E-state index contributed by atoms with van der Waals surface area (Å²) in [5.41, 5.74) is 1.18. The summed E-state index contributed by atoms with van der Waals surface area (Å²) in [6.07, 6.45) is 15.6. The zero-order valence-electron chi connectivity index (χ0n) is 20.7. The van der Waals surface area contributed by atoms with Gasteiger partial charge in [0.15, 0.2) is 11.9 Å².